The van der Waals surface area contributed by atoms with E-state index < -0.39 is 11.1 Å². The molecule has 8 rings (SSSR count). The first kappa shape index (κ1) is 26.5. The summed E-state index contributed by atoms with van der Waals surface area (Å²) in [4.78, 5) is 33.5. The molecule has 0 radical (unpaired) electrons. The lowest BCUT2D eigenvalue weighted by molar-refractivity contribution is -0.118. The molecule has 0 unspecified atom stereocenters. The molecule has 1 N–H and O–H groups in total. The number of aliphatic hydroxyl groups is 1. The van der Waals surface area contributed by atoms with Gasteiger partial charge in [-0.2, -0.15) is 0 Å². The number of aromatic nitrogens is 4. The minimum Gasteiger partial charge on any atom is -0.468 e. The van der Waals surface area contributed by atoms with E-state index in [2.05, 4.69) is 16.3 Å². The van der Waals surface area contributed by atoms with Gasteiger partial charge < -0.3 is 9.84 Å². The van der Waals surface area contributed by atoms with Gasteiger partial charge in [-0.15, -0.1) is 10.2 Å². The van der Waals surface area contributed by atoms with Crippen LogP contribution in [0.25, 0.3) is 28.1 Å². The zero-order valence-corrected chi connectivity index (χ0v) is 24.3. The summed E-state index contributed by atoms with van der Waals surface area (Å²) < 4.78 is 8.09. The molecule has 2 aliphatic heterocycles. The molecule has 9 nitrogen and oxygen atoms in total. The summed E-state index contributed by atoms with van der Waals surface area (Å²) in [5.74, 6) is 1.43. The van der Waals surface area contributed by atoms with Crippen LogP contribution in [-0.4, -0.2) is 47.2 Å². The Balaban J connectivity index is 1.24. The highest BCUT2D eigenvalue weighted by molar-refractivity contribution is 6.22. The highest BCUT2D eigenvalue weighted by Gasteiger charge is 2.60. The van der Waals surface area contributed by atoms with Gasteiger partial charge in [-0.05, 0) is 36.2 Å². The predicted molar refractivity (Wildman–Crippen MR) is 162 cm³/mol. The Hall–Kier alpha value is -5.15. The number of benzene rings is 3. The van der Waals surface area contributed by atoms with Gasteiger partial charge in [0.1, 0.15) is 11.5 Å². The van der Waals surface area contributed by atoms with Gasteiger partial charge in [-0.3, -0.25) is 19.1 Å². The Morgan fingerprint density at radius 3 is 2.14 bits per heavy atom. The Bertz CT molecular complexity index is 1920. The molecule has 1 saturated carbocycles. The summed E-state index contributed by atoms with van der Waals surface area (Å²) in [5, 5.41) is 19.5. The molecule has 5 aromatic rings. The van der Waals surface area contributed by atoms with Gasteiger partial charge in [-0.1, -0.05) is 73.7 Å². The van der Waals surface area contributed by atoms with Crippen molar-refractivity contribution in [2.24, 2.45) is 0 Å². The second kappa shape index (κ2) is 9.42. The van der Waals surface area contributed by atoms with E-state index in [9.17, 15) is 14.7 Å². The van der Waals surface area contributed by atoms with E-state index >= 15 is 0 Å². The number of pyridine rings is 1. The van der Waals surface area contributed by atoms with Crippen molar-refractivity contribution >= 4 is 11.8 Å². The molecule has 1 fully saturated rings. The van der Waals surface area contributed by atoms with Crippen molar-refractivity contribution in [3.05, 3.63) is 113 Å². The molecule has 1 aliphatic carbocycles. The summed E-state index contributed by atoms with van der Waals surface area (Å²) in [5.41, 5.74) is 3.95. The molecule has 9 heteroatoms. The summed E-state index contributed by atoms with van der Waals surface area (Å²) >= 11 is 0. The maximum atomic E-state index is 13.6. The number of imide groups is 1. The van der Waals surface area contributed by atoms with Gasteiger partial charge >= 0.3 is 0 Å². The number of hydrogen-bond donors (Lipinski definition) is 1. The van der Waals surface area contributed by atoms with E-state index in [1.807, 2.05) is 66.1 Å². The molecule has 4 heterocycles. The first-order valence-corrected chi connectivity index (χ1v) is 14.8. The average molecular weight is 584 g/mol. The Labute approximate surface area is 253 Å². The number of ether oxygens (including phenoxy) is 1. The lowest BCUT2D eigenvalue weighted by atomic mass is 9.61. The number of rotatable bonds is 5. The topological polar surface area (TPSA) is 110 Å². The molecule has 44 heavy (non-hydrogen) atoms. The first-order valence-electron chi connectivity index (χ1n) is 14.8. The normalized spacial score (nSPS) is 21.8. The fourth-order valence-corrected chi connectivity index (χ4v) is 7.11. The van der Waals surface area contributed by atoms with E-state index in [0.29, 0.717) is 17.0 Å². The highest BCUT2D eigenvalue weighted by atomic mass is 16.5. The molecule has 3 aliphatic rings. The monoisotopic (exact) mass is 583 g/mol. The van der Waals surface area contributed by atoms with E-state index in [1.165, 1.54) is 4.90 Å². The number of carbonyl (C=O) groups is 2. The van der Waals surface area contributed by atoms with Crippen LogP contribution >= 0.6 is 0 Å². The second-order valence-electron chi connectivity index (χ2n) is 12.0. The van der Waals surface area contributed by atoms with Crippen LogP contribution in [-0.2, 0) is 18.6 Å². The fourth-order valence-electron chi connectivity index (χ4n) is 7.11. The SMILES string of the molecule is CCc1nnc2n1-c1cc(-c3ccccc3)c(-c3ccc(C4(N5C(=O)c6ccccc6C5=O)CC(C)(O)C4)cc3)nc1OC2. The molecule has 2 amide bonds. The Morgan fingerprint density at radius 1 is 0.841 bits per heavy atom. The van der Waals surface area contributed by atoms with E-state index in [1.54, 1.807) is 31.2 Å². The zero-order valence-electron chi connectivity index (χ0n) is 24.3. The van der Waals surface area contributed by atoms with Crippen LogP contribution in [0.2, 0.25) is 0 Å². The van der Waals surface area contributed by atoms with Gasteiger partial charge in [0.15, 0.2) is 12.4 Å². The van der Waals surface area contributed by atoms with Crippen molar-refractivity contribution < 1.29 is 19.4 Å². The lowest BCUT2D eigenvalue weighted by Gasteiger charge is -2.55. The van der Waals surface area contributed by atoms with E-state index in [0.717, 1.165) is 51.7 Å². The molecule has 0 bridgehead atoms. The number of carbonyl (C=O) groups excluding carboxylic acids is 2. The summed E-state index contributed by atoms with van der Waals surface area (Å²) in [7, 11) is 0. The number of hydrogen-bond acceptors (Lipinski definition) is 7. The number of amides is 2. The lowest BCUT2D eigenvalue weighted by Crippen LogP contribution is -2.63. The largest absolute Gasteiger partial charge is 0.468 e. The molecule has 2 aromatic heterocycles. The van der Waals surface area contributed by atoms with Gasteiger partial charge in [0.05, 0.1) is 28.0 Å². The Morgan fingerprint density at radius 2 is 1.50 bits per heavy atom. The third-order valence-corrected chi connectivity index (χ3v) is 9.01. The van der Waals surface area contributed by atoms with Crippen molar-refractivity contribution in [1.29, 1.82) is 0 Å². The molecular weight excluding hydrogens is 554 g/mol. The number of nitrogens with zero attached hydrogens (tertiary/aromatic N) is 5. The quantitative estimate of drug-likeness (QED) is 0.273. The fraction of sp³-hybridized carbons (Fsp3) is 0.229. The van der Waals surface area contributed by atoms with Gasteiger partial charge in [0.25, 0.3) is 11.8 Å². The average Bonchev–Trinajstić information content (AvgIpc) is 3.58. The minimum atomic E-state index is -0.996. The standard InChI is InChI=1S/C35H29N5O4/c1-3-28-37-38-29-18-44-31-27(39(28)29)17-26(21-9-5-4-6-10-21)30(36-31)22-13-15-23(16-14-22)35(19-34(2,43)20-35)40-32(41)24-11-7-8-12-25(24)33(40)42/h4-17,43H,3,18-20H2,1-2H3. The minimum absolute atomic E-state index is 0.256. The molecule has 0 atom stereocenters. The third kappa shape index (κ3) is 3.79. The van der Waals surface area contributed by atoms with E-state index in [4.69, 9.17) is 9.72 Å². The van der Waals surface area contributed by atoms with Crippen LogP contribution in [0.3, 0.4) is 0 Å². The highest BCUT2D eigenvalue weighted by Crippen LogP contribution is 2.54. The zero-order chi connectivity index (χ0) is 30.2. The van der Waals surface area contributed by atoms with Crippen LogP contribution in [0.15, 0.2) is 84.9 Å². The Kier molecular flexibility index (Phi) is 5.67. The van der Waals surface area contributed by atoms with Crippen molar-refractivity contribution in [1.82, 2.24) is 24.6 Å². The smallest absolute Gasteiger partial charge is 0.262 e. The summed E-state index contributed by atoms with van der Waals surface area (Å²) in [6, 6.07) is 26.9. The van der Waals surface area contributed by atoms with Crippen molar-refractivity contribution in [2.45, 2.75) is 50.9 Å². The van der Waals surface area contributed by atoms with Crippen LogP contribution in [0.5, 0.6) is 5.88 Å². The van der Waals surface area contributed by atoms with Crippen molar-refractivity contribution in [3.63, 3.8) is 0 Å². The number of fused-ring (bicyclic) bond motifs is 4. The van der Waals surface area contributed by atoms with Crippen molar-refractivity contribution in [2.75, 3.05) is 0 Å². The molecule has 3 aromatic carbocycles. The predicted octanol–water partition coefficient (Wildman–Crippen LogP) is 5.49. The van der Waals surface area contributed by atoms with Gasteiger partial charge in [-0.25, -0.2) is 4.98 Å². The van der Waals surface area contributed by atoms with Gasteiger partial charge in [0, 0.05) is 30.4 Å². The third-order valence-electron chi connectivity index (χ3n) is 9.01. The molecule has 0 spiro atoms. The summed E-state index contributed by atoms with van der Waals surface area (Å²) in [6.07, 6.45) is 1.23. The first-order chi connectivity index (χ1) is 21.3. The molecular formula is C35H29N5O4. The van der Waals surface area contributed by atoms with Crippen LogP contribution in [0.4, 0.5) is 0 Å². The summed E-state index contributed by atoms with van der Waals surface area (Å²) in [6.45, 7) is 4.06. The van der Waals surface area contributed by atoms with Crippen LogP contribution in [0, 0.1) is 0 Å². The van der Waals surface area contributed by atoms with Crippen LogP contribution < -0.4 is 4.74 Å². The molecule has 0 saturated heterocycles. The van der Waals surface area contributed by atoms with Crippen LogP contribution in [0.1, 0.15) is 64.6 Å². The second-order valence-corrected chi connectivity index (χ2v) is 12.0. The van der Waals surface area contributed by atoms with Crippen molar-refractivity contribution in [3.8, 4) is 34.0 Å². The number of aryl methyl sites for hydroxylation is 1. The maximum absolute atomic E-state index is 13.6. The van der Waals surface area contributed by atoms with Gasteiger partial charge in [0.2, 0.25) is 5.88 Å². The molecule has 218 valence electrons. The van der Waals surface area contributed by atoms with E-state index in [-0.39, 0.29) is 31.3 Å². The maximum Gasteiger partial charge on any atom is 0.262 e.